The maximum absolute atomic E-state index is 14.3. The van der Waals surface area contributed by atoms with Gasteiger partial charge in [-0.2, -0.15) is 0 Å². The summed E-state index contributed by atoms with van der Waals surface area (Å²) in [5.74, 6) is -1.33. The first-order valence-corrected chi connectivity index (χ1v) is 16.4. The summed E-state index contributed by atoms with van der Waals surface area (Å²) in [6, 6.07) is 23.7. The number of hydrogen-bond donors (Lipinski definition) is 2. The van der Waals surface area contributed by atoms with Crippen LogP contribution in [0.5, 0.6) is 5.75 Å². The second-order valence-corrected chi connectivity index (χ2v) is 12.2. The van der Waals surface area contributed by atoms with Gasteiger partial charge < -0.3 is 25.2 Å². The van der Waals surface area contributed by atoms with Crippen LogP contribution in [0.15, 0.2) is 97.3 Å². The van der Waals surface area contributed by atoms with E-state index in [-0.39, 0.29) is 5.56 Å². The summed E-state index contributed by atoms with van der Waals surface area (Å²) in [7, 11) is 3.81. The fourth-order valence-electron chi connectivity index (χ4n) is 6.08. The molecule has 2 N–H and O–H groups in total. The Morgan fingerprint density at radius 3 is 2.50 bits per heavy atom. The van der Waals surface area contributed by atoms with Gasteiger partial charge in [0, 0.05) is 56.2 Å². The molecule has 1 saturated heterocycles. The van der Waals surface area contributed by atoms with E-state index in [1.165, 1.54) is 11.6 Å². The number of nitrogens with one attached hydrogen (secondary N) is 2. The van der Waals surface area contributed by atoms with Crippen LogP contribution in [-0.2, 0) is 6.42 Å². The first kappa shape index (κ1) is 32.8. The van der Waals surface area contributed by atoms with Crippen molar-refractivity contribution in [2.45, 2.75) is 6.42 Å². The molecule has 4 heterocycles. The number of likely N-dealkylation sites (N-methyl/N-ethyl adjacent to an activating group) is 1. The Hall–Kier alpha value is -5.72. The number of pyridine rings is 1. The van der Waals surface area contributed by atoms with Gasteiger partial charge in [0.1, 0.15) is 28.7 Å². The molecule has 0 radical (unpaired) electrons. The minimum Gasteiger partial charge on any atom is -0.495 e. The normalized spacial score (nSPS) is 13.8. The maximum Gasteiger partial charge on any atom is 0.255 e. The first-order chi connectivity index (χ1) is 24.4. The van der Waals surface area contributed by atoms with Gasteiger partial charge in [0.2, 0.25) is 5.95 Å². The third-order valence-electron chi connectivity index (χ3n) is 8.85. The molecule has 1 amide bonds. The summed E-state index contributed by atoms with van der Waals surface area (Å²) in [5.41, 5.74) is 4.73. The Morgan fingerprint density at radius 2 is 1.70 bits per heavy atom. The van der Waals surface area contributed by atoms with Gasteiger partial charge in [-0.15, -0.1) is 0 Å². The molecule has 6 aromatic rings. The van der Waals surface area contributed by atoms with Crippen molar-refractivity contribution in [3.8, 4) is 28.4 Å². The predicted octanol–water partition coefficient (Wildman–Crippen LogP) is 6.53. The van der Waals surface area contributed by atoms with Crippen molar-refractivity contribution in [2.75, 3.05) is 57.5 Å². The highest BCUT2D eigenvalue weighted by atomic mass is 19.1. The predicted molar refractivity (Wildman–Crippen MR) is 190 cm³/mol. The third kappa shape index (κ3) is 7.02. The molecule has 0 aliphatic carbocycles. The van der Waals surface area contributed by atoms with E-state index in [1.807, 2.05) is 40.9 Å². The maximum atomic E-state index is 14.3. The number of amides is 1. The molecule has 12 heteroatoms. The van der Waals surface area contributed by atoms with Crippen molar-refractivity contribution in [3.63, 3.8) is 0 Å². The minimum absolute atomic E-state index is 0.206. The smallest absolute Gasteiger partial charge is 0.255 e. The van der Waals surface area contributed by atoms with Crippen molar-refractivity contribution < 1.29 is 18.3 Å². The van der Waals surface area contributed by atoms with Crippen LogP contribution < -0.4 is 15.4 Å². The van der Waals surface area contributed by atoms with Gasteiger partial charge in [-0.3, -0.25) is 9.20 Å². The van der Waals surface area contributed by atoms with E-state index in [0.29, 0.717) is 40.0 Å². The van der Waals surface area contributed by atoms with Gasteiger partial charge in [-0.05, 0) is 73.6 Å². The molecule has 0 unspecified atom stereocenters. The Kier molecular flexibility index (Phi) is 9.45. The Bertz CT molecular complexity index is 2140. The standard InChI is InChI=1S/C38H36F2N8O2/c1-46-19-21-47(22-20-46)18-15-25-12-13-30(32(23-25)50-2)42-38-41-16-14-31(43-38)36-34(44-33-11-3-4-17-48(33)36)26-7-5-8-27(24-26)37(49)45-35-28(39)9-6-10-29(35)40/h3-14,16-17,23-24H,15,18-22H2,1-2H3,(H,45,49)(H,41,42,43). The van der Waals surface area contributed by atoms with E-state index < -0.39 is 23.2 Å². The number of piperazine rings is 1. The van der Waals surface area contributed by atoms with E-state index in [1.54, 1.807) is 37.6 Å². The van der Waals surface area contributed by atoms with Crippen molar-refractivity contribution >= 4 is 28.9 Å². The largest absolute Gasteiger partial charge is 0.495 e. The second-order valence-electron chi connectivity index (χ2n) is 12.2. The van der Waals surface area contributed by atoms with Crippen LogP contribution in [0.25, 0.3) is 28.3 Å². The molecule has 3 aromatic carbocycles. The summed E-state index contributed by atoms with van der Waals surface area (Å²) < 4.78 is 36.2. The second kappa shape index (κ2) is 14.4. The number of anilines is 3. The van der Waals surface area contributed by atoms with Crippen LogP contribution in [0, 0.1) is 11.6 Å². The van der Waals surface area contributed by atoms with Gasteiger partial charge >= 0.3 is 0 Å². The average molecular weight is 675 g/mol. The molecule has 1 aliphatic rings. The lowest BCUT2D eigenvalue weighted by Crippen LogP contribution is -2.45. The molecule has 50 heavy (non-hydrogen) atoms. The van der Waals surface area contributed by atoms with E-state index in [2.05, 4.69) is 44.6 Å². The number of methoxy groups -OCH3 is 1. The molecule has 1 fully saturated rings. The van der Waals surface area contributed by atoms with Crippen LogP contribution in [-0.4, -0.2) is 81.9 Å². The van der Waals surface area contributed by atoms with E-state index in [0.717, 1.165) is 57.0 Å². The van der Waals surface area contributed by atoms with E-state index in [4.69, 9.17) is 14.7 Å². The van der Waals surface area contributed by atoms with Crippen molar-refractivity contribution in [2.24, 2.45) is 0 Å². The number of para-hydroxylation sites is 1. The summed E-state index contributed by atoms with van der Waals surface area (Å²) in [6.45, 7) is 5.32. The highest BCUT2D eigenvalue weighted by Gasteiger charge is 2.20. The number of hydrogen-bond acceptors (Lipinski definition) is 8. The Morgan fingerprint density at radius 1 is 0.900 bits per heavy atom. The number of benzene rings is 3. The van der Waals surface area contributed by atoms with Crippen LogP contribution in [0.2, 0.25) is 0 Å². The number of aromatic nitrogens is 4. The lowest BCUT2D eigenvalue weighted by Gasteiger charge is -2.32. The lowest BCUT2D eigenvalue weighted by atomic mass is 10.0. The van der Waals surface area contributed by atoms with Crippen molar-refractivity contribution in [3.05, 3.63) is 120 Å². The first-order valence-electron chi connectivity index (χ1n) is 16.4. The zero-order chi connectivity index (χ0) is 34.6. The molecule has 0 atom stereocenters. The van der Waals surface area contributed by atoms with E-state index >= 15 is 0 Å². The minimum atomic E-state index is -0.861. The summed E-state index contributed by atoms with van der Waals surface area (Å²) in [6.07, 6.45) is 4.48. The fourth-order valence-corrected chi connectivity index (χ4v) is 6.08. The number of ether oxygens (including phenoxy) is 1. The van der Waals surface area contributed by atoms with Crippen molar-refractivity contribution in [1.82, 2.24) is 29.2 Å². The summed E-state index contributed by atoms with van der Waals surface area (Å²) >= 11 is 0. The lowest BCUT2D eigenvalue weighted by molar-refractivity contribution is 0.102. The molecule has 3 aromatic heterocycles. The molecule has 7 rings (SSSR count). The van der Waals surface area contributed by atoms with Gasteiger partial charge in [0.25, 0.3) is 5.91 Å². The zero-order valence-corrected chi connectivity index (χ0v) is 27.7. The molecule has 0 bridgehead atoms. The number of nitrogens with zero attached hydrogens (tertiary/aromatic N) is 6. The molecule has 254 valence electrons. The molecular weight excluding hydrogens is 638 g/mol. The highest BCUT2D eigenvalue weighted by Crippen LogP contribution is 2.34. The van der Waals surface area contributed by atoms with Crippen LogP contribution in [0.4, 0.5) is 26.1 Å². The van der Waals surface area contributed by atoms with Crippen LogP contribution in [0.3, 0.4) is 0 Å². The van der Waals surface area contributed by atoms with E-state index in [9.17, 15) is 13.6 Å². The van der Waals surface area contributed by atoms with Gasteiger partial charge in [-0.25, -0.2) is 23.7 Å². The van der Waals surface area contributed by atoms with Gasteiger partial charge in [0.05, 0.1) is 29.9 Å². The topological polar surface area (TPSA) is 99.9 Å². The Balaban J connectivity index is 1.16. The highest BCUT2D eigenvalue weighted by molar-refractivity contribution is 6.05. The monoisotopic (exact) mass is 674 g/mol. The quantitative estimate of drug-likeness (QED) is 0.169. The number of fused-ring (bicyclic) bond motifs is 1. The van der Waals surface area contributed by atoms with Gasteiger partial charge in [0.15, 0.2) is 0 Å². The van der Waals surface area contributed by atoms with Crippen molar-refractivity contribution in [1.29, 1.82) is 0 Å². The number of carbonyl (C=O) groups is 1. The number of halogens is 2. The zero-order valence-electron chi connectivity index (χ0n) is 27.7. The molecule has 0 spiro atoms. The Labute approximate surface area is 288 Å². The van der Waals surface area contributed by atoms with Gasteiger partial charge in [-0.1, -0.05) is 30.3 Å². The molecular formula is C38H36F2N8O2. The molecule has 10 nitrogen and oxygen atoms in total. The van der Waals surface area contributed by atoms with Crippen LogP contribution in [0.1, 0.15) is 15.9 Å². The fraction of sp³-hybridized carbons (Fsp3) is 0.211. The number of rotatable bonds is 10. The SMILES string of the molecule is COc1cc(CCN2CCN(C)CC2)ccc1Nc1nccc(-c2c(-c3cccc(C(=O)Nc4c(F)cccc4F)c3)nc3ccccn23)n1. The molecule has 1 aliphatic heterocycles. The summed E-state index contributed by atoms with van der Waals surface area (Å²) in [5, 5.41) is 5.68. The number of imidazole rings is 1. The summed E-state index contributed by atoms with van der Waals surface area (Å²) in [4.78, 5) is 32.2. The molecule has 0 saturated carbocycles. The van der Waals surface area contributed by atoms with Crippen LogP contribution >= 0.6 is 0 Å². The third-order valence-corrected chi connectivity index (χ3v) is 8.85. The number of carbonyl (C=O) groups excluding carboxylic acids is 1. The average Bonchev–Trinajstić information content (AvgIpc) is 3.53.